The maximum absolute atomic E-state index is 5.39. The lowest BCUT2D eigenvalue weighted by Crippen LogP contribution is -2.15. The Balaban J connectivity index is 2.37. The first-order valence-electron chi connectivity index (χ1n) is 4.10. The second-order valence-electron chi connectivity index (χ2n) is 2.61. The standard InChI is InChI=1S/C8H14N4/c1-2-3-10-4-7-5-12-8(9)6-11-7/h5-6,10H,2-4H2,1H3,(H2,9,12). The molecule has 0 saturated carbocycles. The van der Waals surface area contributed by atoms with Crippen molar-refractivity contribution in [1.82, 2.24) is 15.3 Å². The number of aromatic nitrogens is 2. The fraction of sp³-hybridized carbons (Fsp3) is 0.500. The monoisotopic (exact) mass is 166 g/mol. The zero-order valence-electron chi connectivity index (χ0n) is 7.25. The van der Waals surface area contributed by atoms with Gasteiger partial charge in [0.25, 0.3) is 0 Å². The van der Waals surface area contributed by atoms with Crippen LogP contribution < -0.4 is 11.1 Å². The van der Waals surface area contributed by atoms with Crippen LogP contribution in [0.25, 0.3) is 0 Å². The lowest BCUT2D eigenvalue weighted by atomic mass is 10.4. The molecule has 0 atom stereocenters. The molecule has 66 valence electrons. The molecule has 0 aliphatic rings. The summed E-state index contributed by atoms with van der Waals surface area (Å²) >= 11 is 0. The number of anilines is 1. The predicted molar refractivity (Wildman–Crippen MR) is 48.4 cm³/mol. The van der Waals surface area contributed by atoms with Gasteiger partial charge in [-0.3, -0.25) is 4.98 Å². The van der Waals surface area contributed by atoms with Gasteiger partial charge in [0.05, 0.1) is 18.1 Å². The summed E-state index contributed by atoms with van der Waals surface area (Å²) in [6.45, 7) is 3.90. The highest BCUT2D eigenvalue weighted by atomic mass is 14.9. The maximum atomic E-state index is 5.39. The molecule has 1 heterocycles. The second kappa shape index (κ2) is 4.66. The number of hydrogen-bond acceptors (Lipinski definition) is 4. The SMILES string of the molecule is CCCNCc1cnc(N)cn1. The summed E-state index contributed by atoms with van der Waals surface area (Å²) in [6.07, 6.45) is 4.39. The summed E-state index contributed by atoms with van der Waals surface area (Å²) in [6, 6.07) is 0. The lowest BCUT2D eigenvalue weighted by Gasteiger charge is -2.01. The minimum absolute atomic E-state index is 0.467. The van der Waals surface area contributed by atoms with E-state index in [0.717, 1.165) is 25.2 Å². The molecule has 3 N–H and O–H groups in total. The van der Waals surface area contributed by atoms with Crippen LogP contribution in [0.1, 0.15) is 19.0 Å². The van der Waals surface area contributed by atoms with E-state index in [1.54, 1.807) is 12.4 Å². The molecule has 0 radical (unpaired) electrons. The smallest absolute Gasteiger partial charge is 0.141 e. The highest BCUT2D eigenvalue weighted by Crippen LogP contribution is 1.94. The van der Waals surface area contributed by atoms with Crippen LogP contribution in [0.2, 0.25) is 0 Å². The highest BCUT2D eigenvalue weighted by molar-refractivity contribution is 5.22. The summed E-state index contributed by atoms with van der Waals surface area (Å²) in [7, 11) is 0. The number of nitrogens with zero attached hydrogens (tertiary/aromatic N) is 2. The van der Waals surface area contributed by atoms with Gasteiger partial charge in [-0.1, -0.05) is 6.92 Å². The van der Waals surface area contributed by atoms with Gasteiger partial charge in [0, 0.05) is 6.54 Å². The zero-order chi connectivity index (χ0) is 8.81. The first-order chi connectivity index (χ1) is 5.83. The van der Waals surface area contributed by atoms with Crippen molar-refractivity contribution in [2.45, 2.75) is 19.9 Å². The van der Waals surface area contributed by atoms with E-state index in [2.05, 4.69) is 22.2 Å². The number of rotatable bonds is 4. The molecular weight excluding hydrogens is 152 g/mol. The highest BCUT2D eigenvalue weighted by Gasteiger charge is 1.92. The Morgan fingerprint density at radius 1 is 1.42 bits per heavy atom. The van der Waals surface area contributed by atoms with Crippen molar-refractivity contribution in [3.8, 4) is 0 Å². The zero-order valence-corrected chi connectivity index (χ0v) is 7.25. The summed E-state index contributed by atoms with van der Waals surface area (Å²) in [5, 5.41) is 3.23. The van der Waals surface area contributed by atoms with E-state index in [1.165, 1.54) is 0 Å². The molecule has 0 spiro atoms. The molecule has 12 heavy (non-hydrogen) atoms. The van der Waals surface area contributed by atoms with Gasteiger partial charge in [-0.05, 0) is 13.0 Å². The van der Waals surface area contributed by atoms with Crippen molar-refractivity contribution in [3.63, 3.8) is 0 Å². The summed E-state index contributed by atoms with van der Waals surface area (Å²) in [4.78, 5) is 8.03. The van der Waals surface area contributed by atoms with Crippen LogP contribution in [-0.4, -0.2) is 16.5 Å². The Hall–Kier alpha value is -1.16. The number of hydrogen-bond donors (Lipinski definition) is 2. The van der Waals surface area contributed by atoms with Gasteiger partial charge in [0.2, 0.25) is 0 Å². The van der Waals surface area contributed by atoms with Gasteiger partial charge < -0.3 is 11.1 Å². The number of nitrogens with one attached hydrogen (secondary N) is 1. The first-order valence-corrected chi connectivity index (χ1v) is 4.10. The van der Waals surface area contributed by atoms with Gasteiger partial charge in [-0.25, -0.2) is 4.98 Å². The van der Waals surface area contributed by atoms with Gasteiger partial charge in [-0.15, -0.1) is 0 Å². The Kier molecular flexibility index (Phi) is 3.47. The third-order valence-corrected chi connectivity index (χ3v) is 1.46. The lowest BCUT2D eigenvalue weighted by molar-refractivity contribution is 0.662. The van der Waals surface area contributed by atoms with Crippen LogP contribution in [-0.2, 0) is 6.54 Å². The summed E-state index contributed by atoms with van der Waals surface area (Å²) in [5.41, 5.74) is 6.32. The van der Waals surface area contributed by atoms with E-state index < -0.39 is 0 Å². The van der Waals surface area contributed by atoms with Crippen LogP contribution in [0.3, 0.4) is 0 Å². The molecule has 1 aromatic rings. The van der Waals surface area contributed by atoms with Crippen molar-refractivity contribution in [2.75, 3.05) is 12.3 Å². The van der Waals surface area contributed by atoms with Crippen LogP contribution in [0, 0.1) is 0 Å². The van der Waals surface area contributed by atoms with Crippen molar-refractivity contribution in [3.05, 3.63) is 18.1 Å². The molecule has 4 nitrogen and oxygen atoms in total. The van der Waals surface area contributed by atoms with E-state index in [9.17, 15) is 0 Å². The second-order valence-corrected chi connectivity index (χ2v) is 2.61. The summed E-state index contributed by atoms with van der Waals surface area (Å²) in [5.74, 6) is 0.467. The molecule has 1 aromatic heterocycles. The van der Waals surface area contributed by atoms with Crippen molar-refractivity contribution >= 4 is 5.82 Å². The molecule has 0 aliphatic carbocycles. The summed E-state index contributed by atoms with van der Waals surface area (Å²) < 4.78 is 0. The van der Waals surface area contributed by atoms with Gasteiger partial charge in [0.1, 0.15) is 5.82 Å². The molecule has 0 amide bonds. The normalized spacial score (nSPS) is 10.1. The molecular formula is C8H14N4. The van der Waals surface area contributed by atoms with Crippen molar-refractivity contribution in [2.24, 2.45) is 0 Å². The number of nitrogen functional groups attached to an aromatic ring is 1. The van der Waals surface area contributed by atoms with Crippen LogP contribution in [0.15, 0.2) is 12.4 Å². The van der Waals surface area contributed by atoms with E-state index in [4.69, 9.17) is 5.73 Å². The Bertz CT molecular complexity index is 219. The van der Waals surface area contributed by atoms with Crippen LogP contribution in [0.4, 0.5) is 5.82 Å². The quantitative estimate of drug-likeness (QED) is 0.641. The third-order valence-electron chi connectivity index (χ3n) is 1.46. The Morgan fingerprint density at radius 3 is 2.83 bits per heavy atom. The van der Waals surface area contributed by atoms with E-state index in [1.807, 2.05) is 0 Å². The molecule has 0 aliphatic heterocycles. The predicted octanol–water partition coefficient (Wildman–Crippen LogP) is 0.558. The third kappa shape index (κ3) is 2.84. The van der Waals surface area contributed by atoms with E-state index in [-0.39, 0.29) is 0 Å². The van der Waals surface area contributed by atoms with Gasteiger partial charge in [0.15, 0.2) is 0 Å². The topological polar surface area (TPSA) is 63.8 Å². The van der Waals surface area contributed by atoms with E-state index in [0.29, 0.717) is 5.82 Å². The molecule has 4 heteroatoms. The molecule has 0 bridgehead atoms. The van der Waals surface area contributed by atoms with E-state index >= 15 is 0 Å². The van der Waals surface area contributed by atoms with Gasteiger partial charge >= 0.3 is 0 Å². The van der Waals surface area contributed by atoms with Crippen molar-refractivity contribution in [1.29, 1.82) is 0 Å². The van der Waals surface area contributed by atoms with Gasteiger partial charge in [-0.2, -0.15) is 0 Å². The largest absolute Gasteiger partial charge is 0.382 e. The Labute approximate surface area is 72.2 Å². The Morgan fingerprint density at radius 2 is 2.25 bits per heavy atom. The molecule has 0 unspecified atom stereocenters. The minimum Gasteiger partial charge on any atom is -0.382 e. The first kappa shape index (κ1) is 8.93. The average Bonchev–Trinajstić information content (AvgIpc) is 2.09. The van der Waals surface area contributed by atoms with Crippen LogP contribution >= 0.6 is 0 Å². The fourth-order valence-corrected chi connectivity index (χ4v) is 0.849. The number of nitrogens with two attached hydrogens (primary N) is 1. The molecule has 1 rings (SSSR count). The van der Waals surface area contributed by atoms with Crippen LogP contribution in [0.5, 0.6) is 0 Å². The molecule has 0 fully saturated rings. The maximum Gasteiger partial charge on any atom is 0.141 e. The van der Waals surface area contributed by atoms with Crippen molar-refractivity contribution < 1.29 is 0 Å². The average molecular weight is 166 g/mol. The minimum atomic E-state index is 0.467. The fourth-order valence-electron chi connectivity index (χ4n) is 0.849. The molecule has 0 saturated heterocycles. The molecule has 0 aromatic carbocycles.